The summed E-state index contributed by atoms with van der Waals surface area (Å²) in [4.78, 5) is 0. The summed E-state index contributed by atoms with van der Waals surface area (Å²) in [7, 11) is 0. The van der Waals surface area contributed by atoms with Crippen LogP contribution in [-0.4, -0.2) is 0 Å². The molecule has 0 aliphatic heterocycles. The van der Waals surface area contributed by atoms with E-state index in [1.54, 1.807) is 0 Å². The molecule has 0 nitrogen and oxygen atoms in total. The van der Waals surface area contributed by atoms with Crippen molar-refractivity contribution in [3.63, 3.8) is 0 Å². The molecule has 0 heteroatoms. The van der Waals surface area contributed by atoms with Crippen LogP contribution in [0.25, 0.3) is 0 Å². The van der Waals surface area contributed by atoms with Crippen LogP contribution in [-0.2, 0) is 0 Å². The number of allylic oxidation sites excluding steroid dienone is 4. The van der Waals surface area contributed by atoms with Crippen LogP contribution >= 0.6 is 0 Å². The molecule has 0 aromatic heterocycles. The largest absolute Gasteiger partial charge is 0.0842 e. The van der Waals surface area contributed by atoms with Crippen LogP contribution in [0.4, 0.5) is 0 Å². The Bertz CT molecular complexity index is 120. The fourth-order valence-corrected chi connectivity index (χ4v) is 1.23. The Labute approximate surface area is 92.1 Å². The van der Waals surface area contributed by atoms with E-state index in [-0.39, 0.29) is 0 Å². The van der Waals surface area contributed by atoms with Crippen molar-refractivity contribution in [2.75, 3.05) is 0 Å². The van der Waals surface area contributed by atoms with Gasteiger partial charge in [-0.1, -0.05) is 53.7 Å². The van der Waals surface area contributed by atoms with Crippen molar-refractivity contribution < 1.29 is 0 Å². The van der Waals surface area contributed by atoms with Gasteiger partial charge in [-0.15, -0.1) is 0 Å². The average molecular weight is 198 g/mol. The first kappa shape index (κ1) is 19.1. The molecule has 0 bridgehead atoms. The molecule has 0 heterocycles. The van der Waals surface area contributed by atoms with E-state index >= 15 is 0 Å². The Hall–Kier alpha value is -0.520. The predicted molar refractivity (Wildman–Crippen MR) is 70.8 cm³/mol. The summed E-state index contributed by atoms with van der Waals surface area (Å²) in [5.74, 6) is 0. The molecular weight excluding hydrogens is 168 g/mol. The van der Waals surface area contributed by atoms with Crippen molar-refractivity contribution in [1.82, 2.24) is 0 Å². The average Bonchev–Trinajstić information content (AvgIpc) is 2.31. The lowest BCUT2D eigenvalue weighted by Crippen LogP contribution is -1.85. The Morgan fingerprint density at radius 3 is 1.00 bits per heavy atom. The highest BCUT2D eigenvalue weighted by Gasteiger charge is 1.96. The summed E-state index contributed by atoms with van der Waals surface area (Å²) in [5, 5.41) is 0. The summed E-state index contributed by atoms with van der Waals surface area (Å²) in [6.45, 7) is 16.6. The van der Waals surface area contributed by atoms with Crippen molar-refractivity contribution in [2.24, 2.45) is 0 Å². The van der Waals surface area contributed by atoms with Gasteiger partial charge in [0.05, 0.1) is 0 Å². The maximum Gasteiger partial charge on any atom is -0.0308 e. The highest BCUT2D eigenvalue weighted by molar-refractivity contribution is 5.29. The molecule has 0 aliphatic rings. The van der Waals surface area contributed by atoms with Gasteiger partial charge < -0.3 is 0 Å². The van der Waals surface area contributed by atoms with E-state index in [0.29, 0.717) is 0 Å². The third-order valence-corrected chi connectivity index (χ3v) is 1.87. The Balaban J connectivity index is -0.000000266. The first-order valence-electron chi connectivity index (χ1n) is 6.10. The van der Waals surface area contributed by atoms with Gasteiger partial charge in [-0.2, -0.15) is 0 Å². The second-order valence-electron chi connectivity index (χ2n) is 2.33. The van der Waals surface area contributed by atoms with E-state index < -0.39 is 0 Å². The molecule has 0 saturated heterocycles. The van der Waals surface area contributed by atoms with Crippen LogP contribution < -0.4 is 0 Å². The smallest absolute Gasteiger partial charge is 0.0308 e. The van der Waals surface area contributed by atoms with E-state index in [9.17, 15) is 0 Å². The summed E-state index contributed by atoms with van der Waals surface area (Å²) >= 11 is 0. The van der Waals surface area contributed by atoms with Gasteiger partial charge in [0, 0.05) is 0 Å². The summed E-state index contributed by atoms with van der Waals surface area (Å²) in [6.07, 6.45) is 6.73. The molecular formula is C14H30. The van der Waals surface area contributed by atoms with Gasteiger partial charge in [-0.05, 0) is 37.8 Å². The molecule has 14 heavy (non-hydrogen) atoms. The highest BCUT2D eigenvalue weighted by Crippen LogP contribution is 2.16. The fraction of sp³-hybridized carbons (Fsp3) is 0.714. The maximum absolute atomic E-state index is 2.21. The van der Waals surface area contributed by atoms with Crippen LogP contribution in [0.1, 0.15) is 68.2 Å². The van der Waals surface area contributed by atoms with Crippen LogP contribution in [0.15, 0.2) is 23.3 Å². The van der Waals surface area contributed by atoms with E-state index in [2.05, 4.69) is 39.8 Å². The SMILES string of the molecule is C/C=C(CC)\C(=C/C)CC.CC.CC. The topological polar surface area (TPSA) is 0 Å². The molecule has 0 radical (unpaired) electrons. The highest BCUT2D eigenvalue weighted by atomic mass is 14.0. The molecule has 0 aromatic rings. The third-order valence-electron chi connectivity index (χ3n) is 1.87. The van der Waals surface area contributed by atoms with E-state index in [4.69, 9.17) is 0 Å². The molecule has 0 fully saturated rings. The third kappa shape index (κ3) is 9.57. The molecule has 0 spiro atoms. The zero-order valence-electron chi connectivity index (χ0n) is 11.6. The normalized spacial score (nSPS) is 10.9. The minimum atomic E-state index is 1.16. The van der Waals surface area contributed by atoms with Gasteiger partial charge in [-0.25, -0.2) is 0 Å². The zero-order chi connectivity index (χ0) is 12.0. The van der Waals surface area contributed by atoms with Gasteiger partial charge in [-0.3, -0.25) is 0 Å². The number of rotatable bonds is 3. The number of hydrogen-bond donors (Lipinski definition) is 0. The fourth-order valence-electron chi connectivity index (χ4n) is 1.23. The lowest BCUT2D eigenvalue weighted by molar-refractivity contribution is 1.02. The van der Waals surface area contributed by atoms with Crippen LogP contribution in [0.3, 0.4) is 0 Å². The molecule has 0 aromatic carbocycles. The second-order valence-corrected chi connectivity index (χ2v) is 2.33. The first-order valence-corrected chi connectivity index (χ1v) is 6.10. The van der Waals surface area contributed by atoms with Crippen molar-refractivity contribution in [2.45, 2.75) is 68.2 Å². The molecule has 0 saturated carbocycles. The van der Waals surface area contributed by atoms with Gasteiger partial charge in [0.2, 0.25) is 0 Å². The van der Waals surface area contributed by atoms with Crippen molar-refractivity contribution >= 4 is 0 Å². The second kappa shape index (κ2) is 18.3. The molecule has 0 N–H and O–H groups in total. The lowest BCUT2D eigenvalue weighted by Gasteiger charge is -2.05. The van der Waals surface area contributed by atoms with Crippen LogP contribution in [0.2, 0.25) is 0 Å². The Morgan fingerprint density at radius 2 is 0.929 bits per heavy atom. The van der Waals surface area contributed by atoms with E-state index in [1.165, 1.54) is 11.1 Å². The summed E-state index contributed by atoms with van der Waals surface area (Å²) in [5.41, 5.74) is 2.98. The Morgan fingerprint density at radius 1 is 0.714 bits per heavy atom. The molecule has 0 amide bonds. The molecule has 86 valence electrons. The molecule has 0 unspecified atom stereocenters. The van der Waals surface area contributed by atoms with Crippen molar-refractivity contribution in [1.29, 1.82) is 0 Å². The maximum atomic E-state index is 2.21. The van der Waals surface area contributed by atoms with E-state index in [0.717, 1.165) is 12.8 Å². The Kier molecular flexibility index (Phi) is 25.0. The van der Waals surface area contributed by atoms with E-state index in [1.807, 2.05) is 27.7 Å². The van der Waals surface area contributed by atoms with Gasteiger partial charge in [0.25, 0.3) is 0 Å². The van der Waals surface area contributed by atoms with Crippen molar-refractivity contribution in [3.8, 4) is 0 Å². The lowest BCUT2D eigenvalue weighted by atomic mass is 10.0. The van der Waals surface area contributed by atoms with Crippen molar-refractivity contribution in [3.05, 3.63) is 23.3 Å². The summed E-state index contributed by atoms with van der Waals surface area (Å²) < 4.78 is 0. The first-order chi connectivity index (χ1) is 6.79. The van der Waals surface area contributed by atoms with Gasteiger partial charge >= 0.3 is 0 Å². The summed E-state index contributed by atoms with van der Waals surface area (Å²) in [6, 6.07) is 0. The quantitative estimate of drug-likeness (QED) is 0.506. The standard InChI is InChI=1S/C10H18.2C2H6/c1-5-9(6-2)10(7-3)8-4;2*1-2/h5,7H,6,8H2,1-4H3;2*1-2H3/b9-5-,10-7-;;. The monoisotopic (exact) mass is 198 g/mol. The molecule has 0 aliphatic carbocycles. The predicted octanol–water partition coefficient (Wildman–Crippen LogP) is 5.75. The number of hydrogen-bond acceptors (Lipinski definition) is 0. The molecule has 0 rings (SSSR count). The van der Waals surface area contributed by atoms with Crippen LogP contribution in [0, 0.1) is 0 Å². The molecule has 0 atom stereocenters. The van der Waals surface area contributed by atoms with Gasteiger partial charge in [0.1, 0.15) is 0 Å². The minimum absolute atomic E-state index is 1.16. The van der Waals surface area contributed by atoms with Crippen LogP contribution in [0.5, 0.6) is 0 Å². The van der Waals surface area contributed by atoms with Gasteiger partial charge in [0.15, 0.2) is 0 Å². The minimum Gasteiger partial charge on any atom is -0.0842 e. The zero-order valence-corrected chi connectivity index (χ0v) is 11.6.